The molecule has 0 unspecified atom stereocenters. The fourth-order valence-electron chi connectivity index (χ4n) is 3.85. The second-order valence-corrected chi connectivity index (χ2v) is 7.20. The van der Waals surface area contributed by atoms with Gasteiger partial charge in [-0.3, -0.25) is 4.68 Å². The van der Waals surface area contributed by atoms with Crippen LogP contribution in [0.4, 0.5) is 5.82 Å². The number of hydrogen-bond donors (Lipinski definition) is 1. The Kier molecular flexibility index (Phi) is 5.67. The van der Waals surface area contributed by atoms with Crippen molar-refractivity contribution in [3.63, 3.8) is 0 Å². The highest BCUT2D eigenvalue weighted by Gasteiger charge is 2.37. The van der Waals surface area contributed by atoms with Crippen LogP contribution in [0.2, 0.25) is 0 Å². The van der Waals surface area contributed by atoms with Crippen molar-refractivity contribution in [3.8, 4) is 0 Å². The molecule has 0 saturated carbocycles. The zero-order valence-electron chi connectivity index (χ0n) is 17.1. The summed E-state index contributed by atoms with van der Waals surface area (Å²) >= 11 is 0. The van der Waals surface area contributed by atoms with E-state index in [1.807, 2.05) is 61.6 Å². The largest absolute Gasteiger partial charge is 0.545 e. The van der Waals surface area contributed by atoms with Crippen LogP contribution in [-0.4, -0.2) is 15.7 Å². The number of nitrogens with one attached hydrogen (secondary N) is 1. The molecule has 0 amide bonds. The van der Waals surface area contributed by atoms with Crippen LogP contribution >= 0.6 is 0 Å². The number of aromatic nitrogens is 2. The van der Waals surface area contributed by atoms with E-state index in [1.165, 1.54) is 6.08 Å². The van der Waals surface area contributed by atoms with Gasteiger partial charge in [0.25, 0.3) is 0 Å². The zero-order chi connectivity index (χ0) is 21.7. The summed E-state index contributed by atoms with van der Waals surface area (Å²) in [6, 6.07) is 30.5. The molecule has 31 heavy (non-hydrogen) atoms. The van der Waals surface area contributed by atoms with Gasteiger partial charge < -0.3 is 15.2 Å². The fraction of sp³-hybridized carbons (Fsp3) is 0.0769. The van der Waals surface area contributed by atoms with E-state index >= 15 is 0 Å². The maximum Gasteiger partial charge on any atom is 0.132 e. The number of aliphatic carboxylic acids is 1. The number of benzene rings is 3. The Labute approximate surface area is 181 Å². The van der Waals surface area contributed by atoms with Gasteiger partial charge in [0.1, 0.15) is 11.4 Å². The summed E-state index contributed by atoms with van der Waals surface area (Å²) in [5.74, 6) is -0.565. The van der Waals surface area contributed by atoms with Crippen molar-refractivity contribution >= 4 is 17.9 Å². The maximum absolute atomic E-state index is 11.0. The van der Waals surface area contributed by atoms with Crippen LogP contribution in [0.15, 0.2) is 103 Å². The monoisotopic (exact) mass is 408 g/mol. The predicted molar refractivity (Wildman–Crippen MR) is 120 cm³/mol. The van der Waals surface area contributed by atoms with E-state index in [0.29, 0.717) is 11.4 Å². The minimum absolute atomic E-state index is 0.652. The Balaban J connectivity index is 1.99. The van der Waals surface area contributed by atoms with Gasteiger partial charge >= 0.3 is 0 Å². The molecule has 0 aliphatic carbocycles. The van der Waals surface area contributed by atoms with Gasteiger partial charge in [0, 0.05) is 12.6 Å². The molecule has 4 rings (SSSR count). The average molecular weight is 408 g/mol. The molecule has 1 heterocycles. The minimum Gasteiger partial charge on any atom is -0.545 e. The Hall–Kier alpha value is -4.12. The summed E-state index contributed by atoms with van der Waals surface area (Å²) in [6.45, 7) is 0. The molecule has 1 N–H and O–H groups in total. The van der Waals surface area contributed by atoms with E-state index in [1.54, 1.807) is 10.9 Å². The lowest BCUT2D eigenvalue weighted by molar-refractivity contribution is -0.297. The molecule has 0 spiro atoms. The minimum atomic E-state index is -1.25. The average Bonchev–Trinajstić information content (AvgIpc) is 3.16. The third kappa shape index (κ3) is 3.98. The summed E-state index contributed by atoms with van der Waals surface area (Å²) in [7, 11) is 1.82. The number of anilines is 1. The van der Waals surface area contributed by atoms with Gasteiger partial charge in [0.2, 0.25) is 0 Å². The molecule has 0 aliphatic rings. The van der Waals surface area contributed by atoms with E-state index in [4.69, 9.17) is 0 Å². The molecule has 3 aromatic carbocycles. The van der Waals surface area contributed by atoms with Crippen LogP contribution in [0.25, 0.3) is 6.08 Å². The summed E-state index contributed by atoms with van der Waals surface area (Å²) in [6.07, 6.45) is 4.14. The summed E-state index contributed by atoms with van der Waals surface area (Å²) in [4.78, 5) is 11.0. The van der Waals surface area contributed by atoms with Gasteiger partial charge in [-0.15, -0.1) is 0 Å². The number of aryl methyl sites for hydroxylation is 1. The van der Waals surface area contributed by atoms with Crippen molar-refractivity contribution in [2.75, 3.05) is 5.32 Å². The SMILES string of the molecule is Cn1ncc(/C=C/C(=O)[O-])c1NC(c1ccccc1)(c1ccccc1)c1ccccc1. The number of rotatable bonds is 7. The van der Waals surface area contributed by atoms with Crippen molar-refractivity contribution in [3.05, 3.63) is 126 Å². The summed E-state index contributed by atoms with van der Waals surface area (Å²) < 4.78 is 1.71. The third-order valence-corrected chi connectivity index (χ3v) is 5.29. The van der Waals surface area contributed by atoms with Crippen molar-refractivity contribution in [1.82, 2.24) is 9.78 Å². The number of nitrogens with zero attached hydrogens (tertiary/aromatic N) is 2. The molecule has 0 fully saturated rings. The molecule has 0 saturated heterocycles. The van der Waals surface area contributed by atoms with E-state index in [2.05, 4.69) is 46.8 Å². The molecular formula is C26H22N3O2-. The number of carbonyl (C=O) groups excluding carboxylic acids is 1. The standard InChI is InChI=1S/C26H23N3O2/c1-29-25(20(19-27-29)17-18-24(30)31)28-26(21-11-5-2-6-12-21,22-13-7-3-8-14-22)23-15-9-4-10-16-23/h2-19,28H,1H3,(H,30,31)/p-1/b18-17+. The van der Waals surface area contributed by atoms with Gasteiger partial charge in [-0.2, -0.15) is 5.10 Å². The first-order valence-corrected chi connectivity index (χ1v) is 9.97. The van der Waals surface area contributed by atoms with Crippen molar-refractivity contribution < 1.29 is 9.90 Å². The molecule has 0 aliphatic heterocycles. The fourth-order valence-corrected chi connectivity index (χ4v) is 3.85. The van der Waals surface area contributed by atoms with Crippen LogP contribution in [0.3, 0.4) is 0 Å². The van der Waals surface area contributed by atoms with Crippen LogP contribution in [0, 0.1) is 0 Å². The van der Waals surface area contributed by atoms with E-state index in [9.17, 15) is 9.90 Å². The highest BCUT2D eigenvalue weighted by atomic mass is 16.4. The normalized spacial score (nSPS) is 11.5. The van der Waals surface area contributed by atoms with E-state index < -0.39 is 11.5 Å². The zero-order valence-corrected chi connectivity index (χ0v) is 17.1. The second-order valence-electron chi connectivity index (χ2n) is 7.20. The first-order valence-electron chi connectivity index (χ1n) is 9.97. The van der Waals surface area contributed by atoms with Crippen LogP contribution in [-0.2, 0) is 17.4 Å². The quantitative estimate of drug-likeness (QED) is 0.375. The third-order valence-electron chi connectivity index (χ3n) is 5.29. The van der Waals surface area contributed by atoms with Gasteiger partial charge in [-0.1, -0.05) is 91.0 Å². The number of hydrogen-bond acceptors (Lipinski definition) is 4. The maximum atomic E-state index is 11.0. The van der Waals surface area contributed by atoms with Crippen LogP contribution in [0.5, 0.6) is 0 Å². The number of carbonyl (C=O) groups is 1. The Morgan fingerprint density at radius 1 is 0.871 bits per heavy atom. The van der Waals surface area contributed by atoms with Crippen LogP contribution < -0.4 is 10.4 Å². The lowest BCUT2D eigenvalue weighted by Gasteiger charge is -2.38. The molecule has 0 radical (unpaired) electrons. The Bertz CT molecular complexity index is 1090. The Morgan fingerprint density at radius 3 is 1.74 bits per heavy atom. The second kappa shape index (κ2) is 8.71. The molecule has 4 aromatic rings. The topological polar surface area (TPSA) is 70.0 Å². The van der Waals surface area contributed by atoms with Crippen molar-refractivity contribution in [2.24, 2.45) is 7.05 Å². The summed E-state index contributed by atoms with van der Waals surface area (Å²) in [5.41, 5.74) is 3.05. The van der Waals surface area contributed by atoms with Gasteiger partial charge in [0.15, 0.2) is 0 Å². The first-order chi connectivity index (χ1) is 15.1. The van der Waals surface area contributed by atoms with Gasteiger partial charge in [-0.25, -0.2) is 0 Å². The first kappa shape index (κ1) is 20.2. The smallest absolute Gasteiger partial charge is 0.132 e. The Morgan fingerprint density at radius 2 is 1.32 bits per heavy atom. The lowest BCUT2D eigenvalue weighted by Crippen LogP contribution is -2.39. The number of carboxylic acids is 1. The molecule has 5 nitrogen and oxygen atoms in total. The molecule has 1 aromatic heterocycles. The highest BCUT2D eigenvalue weighted by molar-refractivity contribution is 5.85. The van der Waals surface area contributed by atoms with Crippen molar-refractivity contribution in [1.29, 1.82) is 0 Å². The van der Waals surface area contributed by atoms with Crippen molar-refractivity contribution in [2.45, 2.75) is 5.54 Å². The molecule has 154 valence electrons. The lowest BCUT2D eigenvalue weighted by atomic mass is 9.77. The molecule has 5 heteroatoms. The predicted octanol–water partition coefficient (Wildman–Crippen LogP) is 3.59. The van der Waals surface area contributed by atoms with E-state index in [-0.39, 0.29) is 0 Å². The highest BCUT2D eigenvalue weighted by Crippen LogP contribution is 2.40. The molecular weight excluding hydrogens is 386 g/mol. The molecule has 0 bridgehead atoms. The van der Waals surface area contributed by atoms with Gasteiger partial charge in [0.05, 0.1) is 12.2 Å². The molecule has 0 atom stereocenters. The van der Waals surface area contributed by atoms with Gasteiger partial charge in [-0.05, 0) is 28.8 Å². The van der Waals surface area contributed by atoms with Crippen LogP contribution in [0.1, 0.15) is 22.3 Å². The number of carboxylic acid groups (broad SMARTS) is 1. The summed E-state index contributed by atoms with van der Waals surface area (Å²) in [5, 5.41) is 19.1. The van der Waals surface area contributed by atoms with E-state index in [0.717, 1.165) is 22.8 Å².